The van der Waals surface area contributed by atoms with Crippen LogP contribution in [0.5, 0.6) is 5.75 Å². The maximum absolute atomic E-state index is 13.4. The van der Waals surface area contributed by atoms with Gasteiger partial charge in [0.1, 0.15) is 11.6 Å². The number of halogens is 1. The first kappa shape index (κ1) is 17.5. The van der Waals surface area contributed by atoms with Crippen molar-refractivity contribution in [2.75, 3.05) is 13.2 Å². The van der Waals surface area contributed by atoms with Crippen LogP contribution in [0, 0.1) is 5.82 Å². The Labute approximate surface area is 139 Å². The molecule has 0 saturated heterocycles. The lowest BCUT2D eigenvalue weighted by molar-refractivity contribution is -0.120. The Morgan fingerprint density at radius 2 is 1.75 bits per heavy atom. The summed E-state index contributed by atoms with van der Waals surface area (Å²) in [6, 6.07) is 12.8. The van der Waals surface area contributed by atoms with Gasteiger partial charge in [0.2, 0.25) is 5.91 Å². The summed E-state index contributed by atoms with van der Waals surface area (Å²) in [6.45, 7) is 2.32. The predicted molar refractivity (Wildman–Crippen MR) is 88.2 cm³/mol. The molecular weight excluding hydrogens is 311 g/mol. The van der Waals surface area contributed by atoms with Gasteiger partial charge in [-0.15, -0.1) is 0 Å². The van der Waals surface area contributed by atoms with Crippen LogP contribution in [0.15, 0.2) is 48.5 Å². The summed E-state index contributed by atoms with van der Waals surface area (Å²) in [7, 11) is 0. The molecule has 0 atom stereocenters. The Bertz CT molecular complexity index is 702. The zero-order valence-electron chi connectivity index (χ0n) is 13.3. The van der Waals surface area contributed by atoms with Crippen molar-refractivity contribution in [1.82, 2.24) is 10.6 Å². The van der Waals surface area contributed by atoms with Crippen LogP contribution in [0.3, 0.4) is 0 Å². The van der Waals surface area contributed by atoms with Crippen molar-refractivity contribution in [2.24, 2.45) is 0 Å². The van der Waals surface area contributed by atoms with E-state index >= 15 is 0 Å². The second kappa shape index (κ2) is 8.67. The lowest BCUT2D eigenvalue weighted by atomic mass is 10.2. The van der Waals surface area contributed by atoms with E-state index < -0.39 is 5.91 Å². The molecule has 2 aromatic rings. The first-order valence-corrected chi connectivity index (χ1v) is 7.61. The molecule has 5 nitrogen and oxygen atoms in total. The average Bonchev–Trinajstić information content (AvgIpc) is 2.60. The summed E-state index contributed by atoms with van der Waals surface area (Å²) < 4.78 is 18.7. The third-order valence-corrected chi connectivity index (χ3v) is 3.27. The highest BCUT2D eigenvalue weighted by atomic mass is 19.1. The van der Waals surface area contributed by atoms with E-state index in [4.69, 9.17) is 4.74 Å². The summed E-state index contributed by atoms with van der Waals surface area (Å²) >= 11 is 0. The third kappa shape index (κ3) is 5.08. The number of carbonyl (C=O) groups excluding carboxylic acids is 2. The molecule has 2 aromatic carbocycles. The summed E-state index contributed by atoms with van der Waals surface area (Å²) in [6.07, 6.45) is 0. The zero-order valence-corrected chi connectivity index (χ0v) is 13.3. The quantitative estimate of drug-likeness (QED) is 0.818. The summed E-state index contributed by atoms with van der Waals surface area (Å²) in [5, 5.41) is 5.07. The van der Waals surface area contributed by atoms with Gasteiger partial charge in [0.25, 0.3) is 5.91 Å². The molecule has 0 spiro atoms. The first-order chi connectivity index (χ1) is 11.6. The fourth-order valence-electron chi connectivity index (χ4n) is 2.03. The van der Waals surface area contributed by atoms with Gasteiger partial charge < -0.3 is 15.4 Å². The molecule has 0 heterocycles. The maximum atomic E-state index is 13.4. The largest absolute Gasteiger partial charge is 0.494 e. The number of carbonyl (C=O) groups is 2. The van der Waals surface area contributed by atoms with Crippen molar-refractivity contribution in [3.8, 4) is 5.75 Å². The number of hydrogen-bond donors (Lipinski definition) is 2. The zero-order chi connectivity index (χ0) is 17.4. The van der Waals surface area contributed by atoms with Crippen LogP contribution in [-0.2, 0) is 11.3 Å². The number of rotatable bonds is 7. The monoisotopic (exact) mass is 330 g/mol. The van der Waals surface area contributed by atoms with Gasteiger partial charge in [-0.2, -0.15) is 0 Å². The molecule has 2 amide bonds. The fourth-order valence-corrected chi connectivity index (χ4v) is 2.03. The van der Waals surface area contributed by atoms with Gasteiger partial charge in [0.05, 0.1) is 13.2 Å². The Morgan fingerprint density at radius 3 is 2.42 bits per heavy atom. The van der Waals surface area contributed by atoms with E-state index in [0.29, 0.717) is 23.5 Å². The van der Waals surface area contributed by atoms with Crippen LogP contribution in [0.1, 0.15) is 22.8 Å². The number of hydrogen-bond acceptors (Lipinski definition) is 3. The number of benzene rings is 2. The van der Waals surface area contributed by atoms with E-state index in [-0.39, 0.29) is 24.8 Å². The average molecular weight is 330 g/mol. The molecule has 24 heavy (non-hydrogen) atoms. The van der Waals surface area contributed by atoms with Crippen LogP contribution >= 0.6 is 0 Å². The van der Waals surface area contributed by atoms with Crippen molar-refractivity contribution in [1.29, 1.82) is 0 Å². The van der Waals surface area contributed by atoms with Crippen LogP contribution in [-0.4, -0.2) is 25.0 Å². The summed E-state index contributed by atoms with van der Waals surface area (Å²) in [5.74, 6) is -0.454. The molecule has 0 aliphatic heterocycles. The molecule has 6 heteroatoms. The van der Waals surface area contributed by atoms with Crippen LogP contribution in [0.4, 0.5) is 4.39 Å². The SMILES string of the molecule is CCOc1ccc(C(=O)NCC(=O)NCc2ccccc2F)cc1. The molecule has 0 fully saturated rings. The van der Waals surface area contributed by atoms with Crippen molar-refractivity contribution < 1.29 is 18.7 Å². The molecule has 0 bridgehead atoms. The molecule has 2 rings (SSSR count). The van der Waals surface area contributed by atoms with Crippen molar-refractivity contribution in [3.05, 3.63) is 65.5 Å². The Kier molecular flexibility index (Phi) is 6.31. The minimum absolute atomic E-state index is 0.0738. The van der Waals surface area contributed by atoms with Gasteiger partial charge in [0, 0.05) is 17.7 Å². The second-order valence-corrected chi connectivity index (χ2v) is 5.01. The van der Waals surface area contributed by atoms with Gasteiger partial charge >= 0.3 is 0 Å². The second-order valence-electron chi connectivity index (χ2n) is 5.01. The minimum Gasteiger partial charge on any atom is -0.494 e. The van der Waals surface area contributed by atoms with Gasteiger partial charge in [0.15, 0.2) is 0 Å². The number of ether oxygens (including phenoxy) is 1. The van der Waals surface area contributed by atoms with Crippen molar-refractivity contribution in [2.45, 2.75) is 13.5 Å². The van der Waals surface area contributed by atoms with Crippen LogP contribution < -0.4 is 15.4 Å². The van der Waals surface area contributed by atoms with E-state index in [1.807, 2.05) is 6.92 Å². The maximum Gasteiger partial charge on any atom is 0.251 e. The van der Waals surface area contributed by atoms with Crippen LogP contribution in [0.25, 0.3) is 0 Å². The number of nitrogens with one attached hydrogen (secondary N) is 2. The Morgan fingerprint density at radius 1 is 1.04 bits per heavy atom. The highest BCUT2D eigenvalue weighted by molar-refractivity contribution is 5.96. The molecule has 0 aliphatic rings. The lowest BCUT2D eigenvalue weighted by Crippen LogP contribution is -2.36. The van der Waals surface area contributed by atoms with E-state index in [9.17, 15) is 14.0 Å². The Hall–Kier alpha value is -2.89. The van der Waals surface area contributed by atoms with Crippen LogP contribution in [0.2, 0.25) is 0 Å². The molecule has 0 aromatic heterocycles. The van der Waals surface area contributed by atoms with Gasteiger partial charge in [-0.05, 0) is 37.3 Å². The highest BCUT2D eigenvalue weighted by Gasteiger charge is 2.09. The summed E-state index contributed by atoms with van der Waals surface area (Å²) in [5.41, 5.74) is 0.823. The van der Waals surface area contributed by atoms with Gasteiger partial charge in [-0.3, -0.25) is 9.59 Å². The molecule has 0 unspecified atom stereocenters. The van der Waals surface area contributed by atoms with E-state index in [2.05, 4.69) is 10.6 Å². The molecule has 0 saturated carbocycles. The molecular formula is C18H19FN2O3. The first-order valence-electron chi connectivity index (χ1n) is 7.61. The van der Waals surface area contributed by atoms with Gasteiger partial charge in [-0.25, -0.2) is 4.39 Å². The van der Waals surface area contributed by atoms with E-state index in [1.54, 1.807) is 42.5 Å². The van der Waals surface area contributed by atoms with Crippen molar-refractivity contribution in [3.63, 3.8) is 0 Å². The smallest absolute Gasteiger partial charge is 0.251 e. The standard InChI is InChI=1S/C18H19FN2O3/c1-2-24-15-9-7-13(8-10-15)18(23)21-12-17(22)20-11-14-5-3-4-6-16(14)19/h3-10H,2,11-12H2,1H3,(H,20,22)(H,21,23). The highest BCUT2D eigenvalue weighted by Crippen LogP contribution is 2.11. The minimum atomic E-state index is -0.391. The predicted octanol–water partition coefficient (Wildman–Crippen LogP) is 2.27. The van der Waals surface area contributed by atoms with E-state index in [0.717, 1.165) is 0 Å². The fraction of sp³-hybridized carbons (Fsp3) is 0.222. The molecule has 126 valence electrons. The topological polar surface area (TPSA) is 67.4 Å². The Balaban J connectivity index is 1.78. The van der Waals surface area contributed by atoms with Crippen molar-refractivity contribution >= 4 is 11.8 Å². The normalized spacial score (nSPS) is 10.1. The third-order valence-electron chi connectivity index (χ3n) is 3.27. The molecule has 2 N–H and O–H groups in total. The molecule has 0 aliphatic carbocycles. The van der Waals surface area contributed by atoms with Gasteiger partial charge in [-0.1, -0.05) is 18.2 Å². The summed E-state index contributed by atoms with van der Waals surface area (Å²) in [4.78, 5) is 23.7. The molecule has 0 radical (unpaired) electrons. The lowest BCUT2D eigenvalue weighted by Gasteiger charge is -2.08. The number of amides is 2. The van der Waals surface area contributed by atoms with E-state index in [1.165, 1.54) is 6.07 Å².